The Morgan fingerprint density at radius 3 is 2.68 bits per heavy atom. The highest BCUT2D eigenvalue weighted by Crippen LogP contribution is 2.33. The van der Waals surface area contributed by atoms with Crippen LogP contribution in [0.25, 0.3) is 0 Å². The number of halogens is 1. The standard InChI is InChI=1S/C16H22ClN3O2/c1-10(21)19-11-6-7-13(17)14(9-11)20-15(22)12-5-3-4-8-16(12,2)18/h6-7,9,12H,3-5,8,18H2,1-2H3,(H,19,21)(H,20,22). The summed E-state index contributed by atoms with van der Waals surface area (Å²) in [7, 11) is 0. The van der Waals surface area contributed by atoms with E-state index in [1.165, 1.54) is 6.92 Å². The first-order valence-corrected chi connectivity index (χ1v) is 7.84. The average molecular weight is 324 g/mol. The van der Waals surface area contributed by atoms with E-state index in [1.807, 2.05) is 6.92 Å². The predicted octanol–water partition coefficient (Wildman–Crippen LogP) is 3.14. The van der Waals surface area contributed by atoms with Crippen molar-refractivity contribution in [1.29, 1.82) is 0 Å². The number of carbonyl (C=O) groups excluding carboxylic acids is 2. The quantitative estimate of drug-likeness (QED) is 0.799. The van der Waals surface area contributed by atoms with Crippen LogP contribution in [0.15, 0.2) is 18.2 Å². The van der Waals surface area contributed by atoms with Crippen LogP contribution in [0, 0.1) is 5.92 Å². The van der Waals surface area contributed by atoms with Crippen molar-refractivity contribution in [3.8, 4) is 0 Å². The second-order valence-corrected chi connectivity index (χ2v) is 6.58. The molecule has 0 spiro atoms. The fraction of sp³-hybridized carbons (Fsp3) is 0.500. The van der Waals surface area contributed by atoms with Crippen molar-refractivity contribution in [3.05, 3.63) is 23.2 Å². The molecule has 0 saturated heterocycles. The lowest BCUT2D eigenvalue weighted by Gasteiger charge is -2.37. The van der Waals surface area contributed by atoms with Gasteiger partial charge in [-0.05, 0) is 38.0 Å². The molecule has 120 valence electrons. The van der Waals surface area contributed by atoms with Crippen LogP contribution in [0.2, 0.25) is 5.02 Å². The molecule has 1 aliphatic carbocycles. The summed E-state index contributed by atoms with van der Waals surface area (Å²) in [6, 6.07) is 4.98. The van der Waals surface area contributed by atoms with Gasteiger partial charge in [0.15, 0.2) is 0 Å². The molecule has 1 aromatic carbocycles. The molecular formula is C16H22ClN3O2. The molecule has 6 heteroatoms. The van der Waals surface area contributed by atoms with Crippen LogP contribution in [-0.4, -0.2) is 17.4 Å². The van der Waals surface area contributed by atoms with Gasteiger partial charge in [0.25, 0.3) is 0 Å². The van der Waals surface area contributed by atoms with Crippen LogP contribution in [0.4, 0.5) is 11.4 Å². The van der Waals surface area contributed by atoms with Crippen molar-refractivity contribution in [1.82, 2.24) is 0 Å². The van der Waals surface area contributed by atoms with E-state index < -0.39 is 5.54 Å². The van der Waals surface area contributed by atoms with E-state index in [9.17, 15) is 9.59 Å². The first kappa shape index (κ1) is 16.8. The number of hydrogen-bond donors (Lipinski definition) is 3. The van der Waals surface area contributed by atoms with Gasteiger partial charge in [-0.2, -0.15) is 0 Å². The van der Waals surface area contributed by atoms with Crippen LogP contribution < -0.4 is 16.4 Å². The van der Waals surface area contributed by atoms with Crippen LogP contribution >= 0.6 is 11.6 Å². The highest BCUT2D eigenvalue weighted by atomic mass is 35.5. The zero-order valence-electron chi connectivity index (χ0n) is 12.9. The molecule has 0 aromatic heterocycles. The van der Waals surface area contributed by atoms with Gasteiger partial charge in [0.1, 0.15) is 0 Å². The highest BCUT2D eigenvalue weighted by molar-refractivity contribution is 6.33. The molecule has 2 rings (SSSR count). The van der Waals surface area contributed by atoms with Gasteiger partial charge >= 0.3 is 0 Å². The summed E-state index contributed by atoms with van der Waals surface area (Å²) in [6.07, 6.45) is 3.67. The molecule has 4 N–H and O–H groups in total. The van der Waals surface area contributed by atoms with Gasteiger partial charge in [0.2, 0.25) is 11.8 Å². The number of nitrogens with one attached hydrogen (secondary N) is 2. The van der Waals surface area contributed by atoms with Crippen molar-refractivity contribution >= 4 is 34.8 Å². The van der Waals surface area contributed by atoms with E-state index in [0.717, 1.165) is 25.7 Å². The Morgan fingerprint density at radius 1 is 1.32 bits per heavy atom. The average Bonchev–Trinajstić information content (AvgIpc) is 2.41. The van der Waals surface area contributed by atoms with E-state index in [-0.39, 0.29) is 17.7 Å². The maximum absolute atomic E-state index is 12.5. The van der Waals surface area contributed by atoms with Crippen LogP contribution in [0.3, 0.4) is 0 Å². The maximum Gasteiger partial charge on any atom is 0.229 e. The molecule has 2 amide bonds. The Labute approximate surface area is 135 Å². The molecule has 0 heterocycles. The molecule has 1 saturated carbocycles. The Balaban J connectivity index is 2.15. The predicted molar refractivity (Wildman–Crippen MR) is 88.9 cm³/mol. The monoisotopic (exact) mass is 323 g/mol. The lowest BCUT2D eigenvalue weighted by atomic mass is 9.74. The molecule has 2 atom stereocenters. The zero-order chi connectivity index (χ0) is 16.3. The summed E-state index contributed by atoms with van der Waals surface area (Å²) in [5.74, 6) is -0.533. The number of carbonyl (C=O) groups is 2. The Hall–Kier alpha value is -1.59. The van der Waals surface area contributed by atoms with Crippen LogP contribution in [0.5, 0.6) is 0 Å². The smallest absolute Gasteiger partial charge is 0.229 e. The number of nitrogens with two attached hydrogens (primary N) is 1. The number of anilines is 2. The van der Waals surface area contributed by atoms with E-state index in [2.05, 4.69) is 10.6 Å². The number of amides is 2. The number of hydrogen-bond acceptors (Lipinski definition) is 3. The van der Waals surface area contributed by atoms with E-state index in [0.29, 0.717) is 16.4 Å². The molecule has 22 heavy (non-hydrogen) atoms. The third kappa shape index (κ3) is 3.99. The maximum atomic E-state index is 12.5. The summed E-state index contributed by atoms with van der Waals surface area (Å²) in [6.45, 7) is 3.35. The molecule has 1 aromatic rings. The van der Waals surface area contributed by atoms with E-state index in [4.69, 9.17) is 17.3 Å². The molecule has 2 unspecified atom stereocenters. The van der Waals surface area contributed by atoms with Gasteiger partial charge < -0.3 is 16.4 Å². The largest absolute Gasteiger partial charge is 0.326 e. The minimum Gasteiger partial charge on any atom is -0.326 e. The van der Waals surface area contributed by atoms with Crippen molar-refractivity contribution in [3.63, 3.8) is 0 Å². The van der Waals surface area contributed by atoms with E-state index in [1.54, 1.807) is 18.2 Å². The van der Waals surface area contributed by atoms with Gasteiger partial charge in [0, 0.05) is 18.2 Å². The van der Waals surface area contributed by atoms with Gasteiger partial charge in [0.05, 0.1) is 16.6 Å². The highest BCUT2D eigenvalue weighted by Gasteiger charge is 2.37. The molecule has 0 radical (unpaired) electrons. The lowest BCUT2D eigenvalue weighted by molar-refractivity contribution is -0.122. The molecule has 5 nitrogen and oxygen atoms in total. The SMILES string of the molecule is CC(=O)Nc1ccc(Cl)c(NC(=O)C2CCCCC2(C)N)c1. The van der Waals surface area contributed by atoms with Crippen molar-refractivity contribution in [2.45, 2.75) is 45.1 Å². The van der Waals surface area contributed by atoms with E-state index >= 15 is 0 Å². The van der Waals surface area contributed by atoms with Crippen LogP contribution in [-0.2, 0) is 9.59 Å². The third-order valence-electron chi connectivity index (χ3n) is 4.12. The molecular weight excluding hydrogens is 302 g/mol. The summed E-state index contributed by atoms with van der Waals surface area (Å²) in [5, 5.41) is 5.94. The van der Waals surface area contributed by atoms with Gasteiger partial charge in [-0.15, -0.1) is 0 Å². The van der Waals surface area contributed by atoms with Crippen molar-refractivity contribution in [2.75, 3.05) is 10.6 Å². The normalized spacial score (nSPS) is 24.6. The third-order valence-corrected chi connectivity index (χ3v) is 4.44. The first-order valence-electron chi connectivity index (χ1n) is 7.46. The second kappa shape index (κ2) is 6.67. The minimum atomic E-state index is -0.496. The topological polar surface area (TPSA) is 84.2 Å². The fourth-order valence-electron chi connectivity index (χ4n) is 2.91. The van der Waals surface area contributed by atoms with Gasteiger partial charge in [-0.1, -0.05) is 24.4 Å². The lowest BCUT2D eigenvalue weighted by Crippen LogP contribution is -2.51. The van der Waals surface area contributed by atoms with Crippen molar-refractivity contribution in [2.24, 2.45) is 11.7 Å². The minimum absolute atomic E-state index is 0.119. The summed E-state index contributed by atoms with van der Waals surface area (Å²) >= 11 is 6.13. The Bertz CT molecular complexity index is 587. The second-order valence-electron chi connectivity index (χ2n) is 6.17. The first-order chi connectivity index (χ1) is 10.3. The molecule has 0 bridgehead atoms. The molecule has 1 fully saturated rings. The van der Waals surface area contributed by atoms with Gasteiger partial charge in [-0.25, -0.2) is 0 Å². The number of rotatable bonds is 3. The molecule has 0 aliphatic heterocycles. The fourth-order valence-corrected chi connectivity index (χ4v) is 3.08. The summed E-state index contributed by atoms with van der Waals surface area (Å²) in [4.78, 5) is 23.6. The molecule has 1 aliphatic rings. The van der Waals surface area contributed by atoms with Crippen molar-refractivity contribution < 1.29 is 9.59 Å². The zero-order valence-corrected chi connectivity index (χ0v) is 13.7. The van der Waals surface area contributed by atoms with Crippen LogP contribution in [0.1, 0.15) is 39.5 Å². The Kier molecular flexibility index (Phi) is 5.08. The van der Waals surface area contributed by atoms with Gasteiger partial charge in [-0.3, -0.25) is 9.59 Å². The number of benzene rings is 1. The summed E-state index contributed by atoms with van der Waals surface area (Å²) < 4.78 is 0. The summed E-state index contributed by atoms with van der Waals surface area (Å²) in [5.41, 5.74) is 6.84. The Morgan fingerprint density at radius 2 is 2.05 bits per heavy atom.